The summed E-state index contributed by atoms with van der Waals surface area (Å²) in [4.78, 5) is 23.5. The van der Waals surface area contributed by atoms with E-state index >= 15 is 0 Å². The van der Waals surface area contributed by atoms with E-state index in [2.05, 4.69) is 21.2 Å². The molecule has 0 aromatic heterocycles. The molecular weight excluding hydrogens is 385 g/mol. The highest BCUT2D eigenvalue weighted by atomic mass is 79.9. The Morgan fingerprint density at radius 3 is 2.10 bits per heavy atom. The molecule has 0 atom stereocenters. The van der Waals surface area contributed by atoms with Crippen molar-refractivity contribution < 1.29 is 19.1 Å². The van der Waals surface area contributed by atoms with Gasteiger partial charge in [-0.25, -0.2) is 9.59 Å². The highest BCUT2D eigenvalue weighted by molar-refractivity contribution is 9.10. The number of rotatable bonds is 2. The second-order valence-corrected chi connectivity index (χ2v) is 6.36. The predicted molar refractivity (Wildman–Crippen MR) is 82.1 cm³/mol. The molecule has 0 spiro atoms. The number of esters is 2. The van der Waals surface area contributed by atoms with Gasteiger partial charge in [-0.05, 0) is 12.1 Å². The van der Waals surface area contributed by atoms with E-state index in [1.54, 1.807) is 12.1 Å². The topological polar surface area (TPSA) is 64.6 Å². The third-order valence-electron chi connectivity index (χ3n) is 2.48. The van der Waals surface area contributed by atoms with Crippen molar-refractivity contribution in [3.8, 4) is 0 Å². The van der Waals surface area contributed by atoms with Crippen LogP contribution in [0.2, 0.25) is 10.0 Å². The van der Waals surface area contributed by atoms with Crippen LogP contribution < -0.4 is 5.32 Å². The number of anilines is 1. The van der Waals surface area contributed by atoms with E-state index in [0.29, 0.717) is 20.2 Å². The average Bonchev–Trinajstić information content (AvgIpc) is 2.29. The predicted octanol–water partition coefficient (Wildman–Crippen LogP) is 3.89. The van der Waals surface area contributed by atoms with Crippen molar-refractivity contribution >= 4 is 56.8 Å². The highest BCUT2D eigenvalue weighted by Crippen LogP contribution is 2.34. The molecule has 0 bridgehead atoms. The Morgan fingerprint density at radius 2 is 1.62 bits per heavy atom. The van der Waals surface area contributed by atoms with E-state index in [1.807, 2.05) is 0 Å². The highest BCUT2D eigenvalue weighted by Gasteiger charge is 2.39. The molecule has 0 amide bonds. The van der Waals surface area contributed by atoms with Gasteiger partial charge in [-0.3, -0.25) is 0 Å². The minimum absolute atomic E-state index is 0.274. The molecule has 1 aromatic carbocycles. The molecule has 1 aliphatic rings. The SMILES string of the molecule is CC1(C)OC(=O)C(=CNc2c(Cl)cc(Br)cc2Cl)C(=O)O1. The van der Waals surface area contributed by atoms with Crippen LogP contribution in [0.15, 0.2) is 28.4 Å². The summed E-state index contributed by atoms with van der Waals surface area (Å²) < 4.78 is 10.6. The van der Waals surface area contributed by atoms with Crippen LogP contribution in [-0.4, -0.2) is 17.7 Å². The number of nitrogens with one attached hydrogen (secondary N) is 1. The van der Waals surface area contributed by atoms with Gasteiger partial charge in [0.05, 0.1) is 15.7 Å². The third kappa shape index (κ3) is 3.70. The van der Waals surface area contributed by atoms with Crippen molar-refractivity contribution in [3.63, 3.8) is 0 Å². The van der Waals surface area contributed by atoms with Crippen LogP contribution in [0.25, 0.3) is 0 Å². The monoisotopic (exact) mass is 393 g/mol. The first-order valence-electron chi connectivity index (χ1n) is 5.77. The van der Waals surface area contributed by atoms with Gasteiger partial charge >= 0.3 is 11.9 Å². The summed E-state index contributed by atoms with van der Waals surface area (Å²) in [7, 11) is 0. The Bertz CT molecular complexity index is 613. The van der Waals surface area contributed by atoms with E-state index in [4.69, 9.17) is 32.7 Å². The Labute approximate surface area is 139 Å². The van der Waals surface area contributed by atoms with E-state index in [0.717, 1.165) is 6.20 Å². The molecular formula is C13H10BrCl2NO4. The maximum atomic E-state index is 11.8. The number of carbonyl (C=O) groups is 2. The first-order valence-corrected chi connectivity index (χ1v) is 7.32. The van der Waals surface area contributed by atoms with E-state index < -0.39 is 17.7 Å². The first-order chi connectivity index (χ1) is 9.69. The Kier molecular flexibility index (Phi) is 4.51. The van der Waals surface area contributed by atoms with E-state index in [-0.39, 0.29) is 5.57 Å². The molecule has 0 unspecified atom stereocenters. The number of hydrogen-bond donors (Lipinski definition) is 1. The molecule has 5 nitrogen and oxygen atoms in total. The Morgan fingerprint density at radius 1 is 1.14 bits per heavy atom. The minimum atomic E-state index is -1.28. The Balaban J connectivity index is 2.26. The molecule has 2 rings (SSSR count). The van der Waals surface area contributed by atoms with Crippen LogP contribution in [0.1, 0.15) is 13.8 Å². The summed E-state index contributed by atoms with van der Waals surface area (Å²) >= 11 is 15.3. The molecule has 0 radical (unpaired) electrons. The fraction of sp³-hybridized carbons (Fsp3) is 0.231. The standard InChI is InChI=1S/C13H10BrCl2NO4/c1-13(2)20-11(18)7(12(19)21-13)5-17-10-8(15)3-6(14)4-9(10)16/h3-5,17H,1-2H3. The lowest BCUT2D eigenvalue weighted by Crippen LogP contribution is -2.42. The van der Waals surface area contributed by atoms with Crippen molar-refractivity contribution in [3.05, 3.63) is 38.4 Å². The zero-order valence-electron chi connectivity index (χ0n) is 11.0. The number of carbonyl (C=O) groups excluding carboxylic acids is 2. The molecule has 1 aliphatic heterocycles. The molecule has 1 aromatic rings. The zero-order valence-corrected chi connectivity index (χ0v) is 14.1. The number of ether oxygens (including phenoxy) is 2. The normalized spacial score (nSPS) is 17.1. The van der Waals surface area contributed by atoms with Gasteiger partial charge in [-0.1, -0.05) is 39.1 Å². The van der Waals surface area contributed by atoms with Gasteiger partial charge in [0.25, 0.3) is 5.79 Å². The fourth-order valence-corrected chi connectivity index (χ4v) is 2.92. The van der Waals surface area contributed by atoms with Crippen LogP contribution in [0.4, 0.5) is 5.69 Å². The lowest BCUT2D eigenvalue weighted by Gasteiger charge is -2.29. The third-order valence-corrected chi connectivity index (χ3v) is 3.54. The van der Waals surface area contributed by atoms with Crippen LogP contribution >= 0.6 is 39.1 Å². The molecule has 21 heavy (non-hydrogen) atoms. The second kappa shape index (κ2) is 5.87. The fourth-order valence-electron chi connectivity index (χ4n) is 1.60. The number of halogens is 3. The van der Waals surface area contributed by atoms with Crippen molar-refractivity contribution in [2.75, 3.05) is 5.32 Å². The Hall–Kier alpha value is -1.24. The molecule has 1 fully saturated rings. The van der Waals surface area contributed by atoms with E-state index in [9.17, 15) is 9.59 Å². The number of cyclic esters (lactones) is 2. The molecule has 1 N–H and O–H groups in total. The molecule has 0 saturated carbocycles. The van der Waals surface area contributed by atoms with Gasteiger partial charge in [0, 0.05) is 24.5 Å². The zero-order chi connectivity index (χ0) is 15.8. The molecule has 112 valence electrons. The molecule has 8 heteroatoms. The maximum absolute atomic E-state index is 11.8. The van der Waals surface area contributed by atoms with Crippen molar-refractivity contribution in [1.82, 2.24) is 0 Å². The summed E-state index contributed by atoms with van der Waals surface area (Å²) in [5.74, 6) is -2.85. The van der Waals surface area contributed by atoms with Crippen LogP contribution in [0.3, 0.4) is 0 Å². The minimum Gasteiger partial charge on any atom is -0.419 e. The largest absolute Gasteiger partial charge is 0.419 e. The van der Waals surface area contributed by atoms with Gasteiger partial charge in [-0.2, -0.15) is 0 Å². The van der Waals surface area contributed by atoms with Crippen LogP contribution in [0.5, 0.6) is 0 Å². The van der Waals surface area contributed by atoms with Crippen LogP contribution in [0, 0.1) is 0 Å². The summed E-state index contributed by atoms with van der Waals surface area (Å²) in [6.07, 6.45) is 1.15. The van der Waals surface area contributed by atoms with E-state index in [1.165, 1.54) is 13.8 Å². The average molecular weight is 395 g/mol. The molecule has 0 aliphatic carbocycles. The summed E-state index contributed by atoms with van der Waals surface area (Å²) in [6.45, 7) is 2.94. The van der Waals surface area contributed by atoms with Crippen molar-refractivity contribution in [2.24, 2.45) is 0 Å². The molecule has 1 heterocycles. The quantitative estimate of drug-likeness (QED) is 0.468. The van der Waals surface area contributed by atoms with Gasteiger partial charge in [0.1, 0.15) is 0 Å². The smallest absolute Gasteiger partial charge is 0.350 e. The number of benzene rings is 1. The van der Waals surface area contributed by atoms with Gasteiger partial charge in [0.2, 0.25) is 0 Å². The van der Waals surface area contributed by atoms with Crippen molar-refractivity contribution in [1.29, 1.82) is 0 Å². The summed E-state index contributed by atoms with van der Waals surface area (Å²) in [5, 5.41) is 3.36. The number of hydrogen-bond acceptors (Lipinski definition) is 5. The first kappa shape index (κ1) is 16.1. The summed E-state index contributed by atoms with van der Waals surface area (Å²) in [6, 6.07) is 3.24. The van der Waals surface area contributed by atoms with Gasteiger partial charge in [-0.15, -0.1) is 0 Å². The summed E-state index contributed by atoms with van der Waals surface area (Å²) in [5.41, 5.74) is 0.0869. The lowest BCUT2D eigenvalue weighted by atomic mass is 10.2. The maximum Gasteiger partial charge on any atom is 0.350 e. The molecule has 1 saturated heterocycles. The second-order valence-electron chi connectivity index (χ2n) is 4.63. The van der Waals surface area contributed by atoms with Crippen LogP contribution in [-0.2, 0) is 19.1 Å². The lowest BCUT2D eigenvalue weighted by molar-refractivity contribution is -0.222. The van der Waals surface area contributed by atoms with Gasteiger partial charge in [0.15, 0.2) is 5.57 Å². The van der Waals surface area contributed by atoms with Crippen molar-refractivity contribution in [2.45, 2.75) is 19.6 Å². The van der Waals surface area contributed by atoms with Gasteiger partial charge < -0.3 is 14.8 Å².